The van der Waals surface area contributed by atoms with Gasteiger partial charge in [0.25, 0.3) is 0 Å². The minimum absolute atomic E-state index is 0.0471. The fourth-order valence-electron chi connectivity index (χ4n) is 2.56. The Morgan fingerprint density at radius 2 is 2.10 bits per heavy atom. The van der Waals surface area contributed by atoms with Gasteiger partial charge in [0.15, 0.2) is 0 Å². The van der Waals surface area contributed by atoms with Crippen LogP contribution in [0.1, 0.15) is 45.5 Å². The third kappa shape index (κ3) is 3.39. The van der Waals surface area contributed by atoms with E-state index in [0.29, 0.717) is 6.54 Å². The second-order valence-electron chi connectivity index (χ2n) is 5.62. The monoisotopic (exact) mass is 281 g/mol. The highest BCUT2D eigenvalue weighted by molar-refractivity contribution is 5.80. The first kappa shape index (κ1) is 16.7. The number of carbonyl (C=O) groups excluding carboxylic acids is 1. The van der Waals surface area contributed by atoms with Crippen LogP contribution in [0.15, 0.2) is 12.4 Å². The normalized spacial score (nSPS) is 13.3. The maximum absolute atomic E-state index is 12.5. The number of aromatic nitrogens is 2. The van der Waals surface area contributed by atoms with Gasteiger partial charge in [0.1, 0.15) is 11.9 Å². The van der Waals surface area contributed by atoms with Crippen molar-refractivity contribution in [3.05, 3.63) is 18.2 Å². The van der Waals surface area contributed by atoms with Crippen LogP contribution in [0.25, 0.3) is 0 Å². The topological polar surface area (TPSA) is 58.4 Å². The van der Waals surface area contributed by atoms with Crippen LogP contribution in [0.4, 0.5) is 0 Å². The van der Waals surface area contributed by atoms with Crippen molar-refractivity contribution in [2.24, 2.45) is 5.41 Å². The first-order chi connectivity index (χ1) is 9.40. The third-order valence-electron chi connectivity index (χ3n) is 4.42. The summed E-state index contributed by atoms with van der Waals surface area (Å²) in [5.74, 6) is 0.879. The maximum atomic E-state index is 12.5. The summed E-state index contributed by atoms with van der Waals surface area (Å²) in [6, 6.07) is -0.271. The fraction of sp³-hybridized carbons (Fsp3) is 0.733. The lowest BCUT2D eigenvalue weighted by Gasteiger charge is -2.35. The van der Waals surface area contributed by atoms with Gasteiger partial charge in [-0.1, -0.05) is 13.8 Å². The van der Waals surface area contributed by atoms with Gasteiger partial charge < -0.3 is 14.6 Å². The molecular weight excluding hydrogens is 254 g/mol. The minimum Gasteiger partial charge on any atom is -0.396 e. The van der Waals surface area contributed by atoms with Gasteiger partial charge in [-0.25, -0.2) is 4.98 Å². The Balaban J connectivity index is 2.79. The summed E-state index contributed by atoms with van der Waals surface area (Å²) in [5.41, 5.74) is -0.200. The van der Waals surface area contributed by atoms with Crippen molar-refractivity contribution in [2.45, 2.75) is 46.6 Å². The van der Waals surface area contributed by atoms with Gasteiger partial charge in [0.2, 0.25) is 5.91 Å². The molecule has 0 aliphatic carbocycles. The Morgan fingerprint density at radius 3 is 2.50 bits per heavy atom. The lowest BCUT2D eigenvalue weighted by Crippen LogP contribution is -2.43. The highest BCUT2D eigenvalue weighted by atomic mass is 16.3. The van der Waals surface area contributed by atoms with E-state index in [2.05, 4.69) is 18.8 Å². The molecule has 1 atom stereocenters. The Morgan fingerprint density at radius 1 is 1.50 bits per heavy atom. The minimum atomic E-state index is -0.271. The van der Waals surface area contributed by atoms with Gasteiger partial charge in [0, 0.05) is 31.4 Å². The smallest absolute Gasteiger partial charge is 0.245 e. The molecule has 0 unspecified atom stereocenters. The van der Waals surface area contributed by atoms with Gasteiger partial charge in [-0.15, -0.1) is 0 Å². The number of nitrogens with zero attached hydrogens (tertiary/aromatic N) is 3. The van der Waals surface area contributed by atoms with Gasteiger partial charge in [-0.3, -0.25) is 4.79 Å². The standard InChI is InChI=1S/C15H27N3O2/c1-6-15(7-2,11-19)10-17(5)14(20)12(3)18-9-8-16-13(18)4/h8-9,12,19H,6-7,10-11H2,1-5H3/t12-/m1/s1. The lowest BCUT2D eigenvalue weighted by atomic mass is 9.82. The predicted molar refractivity (Wildman–Crippen MR) is 79.4 cm³/mol. The van der Waals surface area contributed by atoms with E-state index in [-0.39, 0.29) is 24.0 Å². The van der Waals surface area contributed by atoms with Gasteiger partial charge in [0.05, 0.1) is 6.61 Å². The van der Waals surface area contributed by atoms with Crippen molar-refractivity contribution < 1.29 is 9.90 Å². The van der Waals surface area contributed by atoms with Crippen LogP contribution in [0.5, 0.6) is 0 Å². The van der Waals surface area contributed by atoms with E-state index in [0.717, 1.165) is 18.7 Å². The van der Waals surface area contributed by atoms with E-state index >= 15 is 0 Å². The Bertz CT molecular complexity index is 430. The zero-order chi connectivity index (χ0) is 15.3. The molecule has 114 valence electrons. The van der Waals surface area contributed by atoms with Crippen LogP contribution in [-0.4, -0.2) is 45.7 Å². The average Bonchev–Trinajstić information content (AvgIpc) is 2.89. The highest BCUT2D eigenvalue weighted by Crippen LogP contribution is 2.27. The van der Waals surface area contributed by atoms with E-state index in [1.807, 2.05) is 24.6 Å². The average molecular weight is 281 g/mol. The molecule has 5 nitrogen and oxygen atoms in total. The summed E-state index contributed by atoms with van der Waals surface area (Å²) < 4.78 is 1.87. The van der Waals surface area contributed by atoms with Crippen molar-refractivity contribution in [1.82, 2.24) is 14.5 Å². The molecule has 1 N–H and O–H groups in total. The number of aryl methyl sites for hydroxylation is 1. The van der Waals surface area contributed by atoms with Crippen molar-refractivity contribution in [2.75, 3.05) is 20.2 Å². The Hall–Kier alpha value is -1.36. The van der Waals surface area contributed by atoms with E-state index in [9.17, 15) is 9.90 Å². The van der Waals surface area contributed by atoms with Crippen LogP contribution in [0.2, 0.25) is 0 Å². The number of rotatable bonds is 7. The molecule has 1 aromatic heterocycles. The van der Waals surface area contributed by atoms with Crippen molar-refractivity contribution >= 4 is 5.91 Å². The molecule has 1 aromatic rings. The molecular formula is C15H27N3O2. The molecule has 0 spiro atoms. The number of likely N-dealkylation sites (N-methyl/N-ethyl adjacent to an activating group) is 1. The van der Waals surface area contributed by atoms with Crippen LogP contribution < -0.4 is 0 Å². The van der Waals surface area contributed by atoms with Gasteiger partial charge in [-0.2, -0.15) is 0 Å². The van der Waals surface area contributed by atoms with Crippen molar-refractivity contribution in [3.8, 4) is 0 Å². The first-order valence-corrected chi connectivity index (χ1v) is 7.26. The van der Waals surface area contributed by atoms with Crippen LogP contribution in [0.3, 0.4) is 0 Å². The molecule has 20 heavy (non-hydrogen) atoms. The Labute approximate surface area is 121 Å². The second kappa shape index (κ2) is 6.88. The van der Waals surface area contributed by atoms with Gasteiger partial charge in [-0.05, 0) is 26.7 Å². The largest absolute Gasteiger partial charge is 0.396 e. The molecule has 0 aromatic carbocycles. The SMILES string of the molecule is CCC(CC)(CO)CN(C)C(=O)[C@@H](C)n1ccnc1C. The third-order valence-corrected chi connectivity index (χ3v) is 4.42. The molecule has 0 aliphatic heterocycles. The summed E-state index contributed by atoms with van der Waals surface area (Å²) in [5, 5.41) is 9.62. The molecule has 1 rings (SSSR count). The van der Waals surface area contributed by atoms with Gasteiger partial charge >= 0.3 is 0 Å². The summed E-state index contributed by atoms with van der Waals surface area (Å²) in [6.45, 7) is 8.57. The number of hydrogen-bond donors (Lipinski definition) is 1. The van der Waals surface area contributed by atoms with E-state index in [4.69, 9.17) is 0 Å². The highest BCUT2D eigenvalue weighted by Gasteiger charge is 2.30. The first-order valence-electron chi connectivity index (χ1n) is 7.26. The molecule has 1 amide bonds. The Kier molecular flexibility index (Phi) is 5.74. The summed E-state index contributed by atoms with van der Waals surface area (Å²) in [4.78, 5) is 18.4. The molecule has 5 heteroatoms. The van der Waals surface area contributed by atoms with Crippen molar-refractivity contribution in [1.29, 1.82) is 0 Å². The quantitative estimate of drug-likeness (QED) is 0.831. The number of aliphatic hydroxyl groups excluding tert-OH is 1. The summed E-state index contributed by atoms with van der Waals surface area (Å²) >= 11 is 0. The zero-order valence-corrected chi connectivity index (χ0v) is 13.3. The summed E-state index contributed by atoms with van der Waals surface area (Å²) in [7, 11) is 1.81. The number of amides is 1. The number of imidazole rings is 1. The molecule has 0 fully saturated rings. The fourth-order valence-corrected chi connectivity index (χ4v) is 2.56. The number of aliphatic hydroxyl groups is 1. The second-order valence-corrected chi connectivity index (χ2v) is 5.62. The zero-order valence-electron chi connectivity index (χ0n) is 13.3. The molecule has 0 saturated heterocycles. The van der Waals surface area contributed by atoms with Crippen LogP contribution in [-0.2, 0) is 4.79 Å². The van der Waals surface area contributed by atoms with E-state index in [1.165, 1.54) is 0 Å². The molecule has 0 bridgehead atoms. The summed E-state index contributed by atoms with van der Waals surface area (Å²) in [6.07, 6.45) is 5.24. The maximum Gasteiger partial charge on any atom is 0.245 e. The predicted octanol–water partition coefficient (Wildman–Crippen LogP) is 2.01. The molecule has 0 saturated carbocycles. The van der Waals surface area contributed by atoms with E-state index in [1.54, 1.807) is 18.1 Å². The molecule has 1 heterocycles. The number of carbonyl (C=O) groups is 1. The van der Waals surface area contributed by atoms with E-state index < -0.39 is 0 Å². The van der Waals surface area contributed by atoms with Crippen LogP contribution in [0, 0.1) is 12.3 Å². The van der Waals surface area contributed by atoms with Crippen LogP contribution >= 0.6 is 0 Å². The number of hydrogen-bond acceptors (Lipinski definition) is 3. The molecule has 0 aliphatic rings. The molecule has 0 radical (unpaired) electrons. The van der Waals surface area contributed by atoms with Crippen molar-refractivity contribution in [3.63, 3.8) is 0 Å². The lowest BCUT2D eigenvalue weighted by molar-refractivity contribution is -0.135.